The Morgan fingerprint density at radius 1 is 1.50 bits per heavy atom. The molecule has 0 spiro atoms. The fourth-order valence-corrected chi connectivity index (χ4v) is 1.33. The van der Waals surface area contributed by atoms with Gasteiger partial charge in [-0.3, -0.25) is 9.78 Å². The minimum Gasteiger partial charge on any atom is -0.388 e. The molecule has 18 heavy (non-hydrogen) atoms. The van der Waals surface area contributed by atoms with E-state index < -0.39 is 5.60 Å². The molecular formula is C14H22N2O2. The van der Waals surface area contributed by atoms with Crippen molar-refractivity contribution in [2.75, 3.05) is 6.54 Å². The molecule has 0 bridgehead atoms. The van der Waals surface area contributed by atoms with E-state index in [1.54, 1.807) is 13.1 Å². The van der Waals surface area contributed by atoms with Gasteiger partial charge in [-0.25, -0.2) is 0 Å². The number of nitrogens with zero attached hydrogens (tertiary/aromatic N) is 1. The number of carbonyl (C=O) groups is 1. The van der Waals surface area contributed by atoms with Crippen LogP contribution >= 0.6 is 0 Å². The largest absolute Gasteiger partial charge is 0.388 e. The summed E-state index contributed by atoms with van der Waals surface area (Å²) in [5, 5.41) is 12.8. The van der Waals surface area contributed by atoms with Crippen molar-refractivity contribution >= 4 is 5.91 Å². The third kappa shape index (κ3) is 4.45. The molecule has 0 aliphatic rings. The Morgan fingerprint density at radius 3 is 2.67 bits per heavy atom. The predicted octanol–water partition coefficient (Wildman–Crippen LogP) is 1.46. The number of aryl methyl sites for hydroxylation is 1. The maximum atomic E-state index is 11.7. The van der Waals surface area contributed by atoms with Gasteiger partial charge in [-0.05, 0) is 31.4 Å². The molecular weight excluding hydrogens is 228 g/mol. The molecule has 1 rings (SSSR count). The van der Waals surface area contributed by atoms with Gasteiger partial charge in [0.1, 0.15) is 0 Å². The first-order valence-corrected chi connectivity index (χ1v) is 6.22. The van der Waals surface area contributed by atoms with Crippen molar-refractivity contribution in [1.82, 2.24) is 10.3 Å². The number of pyridine rings is 1. The van der Waals surface area contributed by atoms with Crippen LogP contribution < -0.4 is 5.32 Å². The van der Waals surface area contributed by atoms with E-state index in [9.17, 15) is 9.90 Å². The molecule has 0 saturated carbocycles. The molecule has 1 aromatic rings. The molecule has 1 aromatic heterocycles. The van der Waals surface area contributed by atoms with E-state index >= 15 is 0 Å². The van der Waals surface area contributed by atoms with Crippen molar-refractivity contribution in [3.8, 4) is 0 Å². The number of amides is 1. The quantitative estimate of drug-likeness (QED) is 0.831. The highest BCUT2D eigenvalue weighted by Gasteiger charge is 2.25. The topological polar surface area (TPSA) is 62.2 Å². The van der Waals surface area contributed by atoms with Crippen LogP contribution in [0.25, 0.3) is 0 Å². The van der Waals surface area contributed by atoms with Gasteiger partial charge in [-0.2, -0.15) is 0 Å². The van der Waals surface area contributed by atoms with E-state index in [2.05, 4.69) is 10.3 Å². The van der Waals surface area contributed by atoms with Crippen LogP contribution in [0.2, 0.25) is 0 Å². The van der Waals surface area contributed by atoms with Crippen molar-refractivity contribution in [2.24, 2.45) is 5.92 Å². The minimum absolute atomic E-state index is 0.0958. The molecule has 1 heterocycles. The number of hydrogen-bond acceptors (Lipinski definition) is 3. The Kier molecular flexibility index (Phi) is 4.84. The molecule has 0 aromatic carbocycles. The van der Waals surface area contributed by atoms with E-state index in [1.165, 1.54) is 0 Å². The van der Waals surface area contributed by atoms with Gasteiger partial charge in [0, 0.05) is 18.4 Å². The lowest BCUT2D eigenvalue weighted by atomic mass is 9.92. The molecule has 0 fully saturated rings. The van der Waals surface area contributed by atoms with E-state index in [4.69, 9.17) is 0 Å². The number of aromatic nitrogens is 1. The zero-order valence-electron chi connectivity index (χ0n) is 11.5. The van der Waals surface area contributed by atoms with Gasteiger partial charge >= 0.3 is 0 Å². The number of rotatable bonds is 5. The minimum atomic E-state index is -0.874. The summed E-state index contributed by atoms with van der Waals surface area (Å²) < 4.78 is 0. The Bertz CT molecular complexity index is 397. The normalized spacial score (nSPS) is 14.3. The first-order valence-electron chi connectivity index (χ1n) is 6.22. The Hall–Kier alpha value is -1.42. The highest BCUT2D eigenvalue weighted by molar-refractivity contribution is 5.78. The van der Waals surface area contributed by atoms with Crippen LogP contribution in [-0.2, 0) is 11.2 Å². The molecule has 0 radical (unpaired) electrons. The molecule has 4 nitrogen and oxygen atoms in total. The lowest BCUT2D eigenvalue weighted by Gasteiger charge is -2.27. The third-order valence-corrected chi connectivity index (χ3v) is 3.22. The molecule has 0 aliphatic carbocycles. The molecule has 100 valence electrons. The van der Waals surface area contributed by atoms with Gasteiger partial charge in [0.15, 0.2) is 0 Å². The molecule has 0 aliphatic heterocycles. The second-order valence-corrected chi connectivity index (χ2v) is 5.27. The Morgan fingerprint density at radius 2 is 2.17 bits per heavy atom. The molecule has 4 heteroatoms. The van der Waals surface area contributed by atoms with Crippen LogP contribution in [0.5, 0.6) is 0 Å². The smallest absolute Gasteiger partial charge is 0.224 e. The van der Waals surface area contributed by atoms with E-state index in [1.807, 2.05) is 32.9 Å². The Labute approximate surface area is 108 Å². The molecule has 1 atom stereocenters. The second-order valence-electron chi connectivity index (χ2n) is 5.27. The maximum Gasteiger partial charge on any atom is 0.224 e. The zero-order chi connectivity index (χ0) is 13.8. The van der Waals surface area contributed by atoms with E-state index in [0.29, 0.717) is 6.42 Å². The standard InChI is InChI=1S/C14H22N2O2/c1-10(2)14(4,18)9-16-13(17)7-12-6-5-11(3)15-8-12/h5-6,8,10,18H,7,9H2,1-4H3,(H,16,17). The Balaban J connectivity index is 2.45. The predicted molar refractivity (Wildman–Crippen MR) is 71.1 cm³/mol. The molecule has 1 amide bonds. The van der Waals surface area contributed by atoms with Crippen molar-refractivity contribution in [1.29, 1.82) is 0 Å². The summed E-state index contributed by atoms with van der Waals surface area (Å²) >= 11 is 0. The van der Waals surface area contributed by atoms with E-state index in [-0.39, 0.29) is 18.4 Å². The summed E-state index contributed by atoms with van der Waals surface area (Å²) in [7, 11) is 0. The lowest BCUT2D eigenvalue weighted by molar-refractivity contribution is -0.122. The number of hydrogen-bond donors (Lipinski definition) is 2. The van der Waals surface area contributed by atoms with Crippen LogP contribution in [0.15, 0.2) is 18.3 Å². The van der Waals surface area contributed by atoms with Crippen LogP contribution in [-0.4, -0.2) is 28.1 Å². The number of aliphatic hydroxyl groups is 1. The van der Waals surface area contributed by atoms with Gasteiger partial charge in [0.05, 0.1) is 12.0 Å². The molecule has 1 unspecified atom stereocenters. The summed E-state index contributed by atoms with van der Waals surface area (Å²) in [6, 6.07) is 3.77. The fourth-order valence-electron chi connectivity index (χ4n) is 1.33. The summed E-state index contributed by atoms with van der Waals surface area (Å²) in [4.78, 5) is 15.9. The van der Waals surface area contributed by atoms with Crippen LogP contribution in [0.4, 0.5) is 0 Å². The van der Waals surface area contributed by atoms with E-state index in [0.717, 1.165) is 11.3 Å². The highest BCUT2D eigenvalue weighted by Crippen LogP contribution is 2.14. The van der Waals surface area contributed by atoms with Gasteiger partial charge in [0.25, 0.3) is 0 Å². The first kappa shape index (κ1) is 14.6. The van der Waals surface area contributed by atoms with Crippen molar-refractivity contribution in [3.05, 3.63) is 29.6 Å². The second kappa shape index (κ2) is 5.96. The average molecular weight is 250 g/mol. The molecule has 0 saturated heterocycles. The highest BCUT2D eigenvalue weighted by atomic mass is 16.3. The van der Waals surface area contributed by atoms with Gasteiger partial charge < -0.3 is 10.4 Å². The van der Waals surface area contributed by atoms with Crippen LogP contribution in [0, 0.1) is 12.8 Å². The van der Waals surface area contributed by atoms with Crippen molar-refractivity contribution in [3.63, 3.8) is 0 Å². The third-order valence-electron chi connectivity index (χ3n) is 3.22. The number of carbonyl (C=O) groups excluding carboxylic acids is 1. The summed E-state index contributed by atoms with van der Waals surface area (Å²) in [6.07, 6.45) is 2.00. The fraction of sp³-hybridized carbons (Fsp3) is 0.571. The average Bonchev–Trinajstić information content (AvgIpc) is 2.29. The summed E-state index contributed by atoms with van der Waals surface area (Å²) in [6.45, 7) is 7.75. The molecule has 2 N–H and O–H groups in total. The lowest BCUT2D eigenvalue weighted by Crippen LogP contribution is -2.44. The van der Waals surface area contributed by atoms with Crippen LogP contribution in [0.1, 0.15) is 32.0 Å². The summed E-state index contributed by atoms with van der Waals surface area (Å²) in [5.74, 6) is 0.000389. The van der Waals surface area contributed by atoms with Gasteiger partial charge in [-0.15, -0.1) is 0 Å². The SMILES string of the molecule is Cc1ccc(CC(=O)NCC(C)(O)C(C)C)cn1. The summed E-state index contributed by atoms with van der Waals surface area (Å²) in [5.41, 5.74) is 0.936. The zero-order valence-corrected chi connectivity index (χ0v) is 11.5. The maximum absolute atomic E-state index is 11.7. The van der Waals surface area contributed by atoms with Crippen LogP contribution in [0.3, 0.4) is 0 Å². The monoisotopic (exact) mass is 250 g/mol. The number of nitrogens with one attached hydrogen (secondary N) is 1. The van der Waals surface area contributed by atoms with Gasteiger partial charge in [0.2, 0.25) is 5.91 Å². The first-order chi connectivity index (χ1) is 8.31. The van der Waals surface area contributed by atoms with Crippen molar-refractivity contribution < 1.29 is 9.90 Å². The van der Waals surface area contributed by atoms with Gasteiger partial charge in [-0.1, -0.05) is 19.9 Å². The van der Waals surface area contributed by atoms with Crippen molar-refractivity contribution in [2.45, 2.75) is 39.7 Å².